The number of rotatable bonds is 3. The molecular weight excluding hydrogens is 225 g/mol. The van der Waals surface area contributed by atoms with Gasteiger partial charge in [0, 0.05) is 13.1 Å². The normalized spacial score (nSPS) is 12.7. The van der Waals surface area contributed by atoms with E-state index in [1.807, 2.05) is 24.3 Å². The van der Waals surface area contributed by atoms with E-state index in [1.54, 1.807) is 19.2 Å². The quantitative estimate of drug-likeness (QED) is 0.411. The monoisotopic (exact) mass is 239 g/mol. The van der Waals surface area contributed by atoms with Gasteiger partial charge < -0.3 is 16.2 Å². The predicted molar refractivity (Wildman–Crippen MR) is 65.9 cm³/mol. The van der Waals surface area contributed by atoms with E-state index in [4.69, 9.17) is 9.47 Å². The van der Waals surface area contributed by atoms with Gasteiger partial charge in [-0.25, -0.2) is 0 Å². The maximum absolute atomic E-state index is 10.9. The van der Waals surface area contributed by atoms with E-state index < -0.39 is 0 Å². The number of amides is 1. The summed E-state index contributed by atoms with van der Waals surface area (Å²) >= 11 is 0. The van der Waals surface area contributed by atoms with Gasteiger partial charge in [0.15, 0.2) is 11.5 Å². The van der Waals surface area contributed by atoms with Crippen LogP contribution in [0.25, 0.3) is 6.08 Å². The number of allylic oxidation sites excluding steroid dienone is 2. The number of fused-ring (bicyclic) bond motifs is 1. The molecule has 2 rings (SSSR count). The number of carbonyl (C=O) groups is 1. The molecule has 0 bridgehead atoms. The predicted octanol–water partition coefficient (Wildman–Crippen LogP) is -1.15. The van der Waals surface area contributed by atoms with E-state index in [2.05, 4.69) is 5.32 Å². The first kappa shape index (κ1) is 14.4. The fraction of sp³-hybridized carbons (Fsp3) is 0.154. The number of hydrogen-bond donors (Lipinski definition) is 1. The zero-order chi connectivity index (χ0) is 12.1. The Morgan fingerprint density at radius 2 is 2.11 bits per heavy atom. The van der Waals surface area contributed by atoms with E-state index in [1.165, 1.54) is 6.08 Å². The summed E-state index contributed by atoms with van der Waals surface area (Å²) in [5, 5.41) is 2.50. The fourth-order valence-corrected chi connectivity index (χ4v) is 1.41. The molecule has 1 aromatic carbocycles. The van der Waals surface area contributed by atoms with Crippen LogP contribution in [0.2, 0.25) is 0 Å². The Morgan fingerprint density at radius 3 is 2.89 bits per heavy atom. The van der Waals surface area contributed by atoms with Gasteiger partial charge in [0.2, 0.25) is 12.7 Å². The molecule has 0 saturated carbocycles. The van der Waals surface area contributed by atoms with Crippen LogP contribution in [0, 0.1) is 0 Å². The van der Waals surface area contributed by atoms with Crippen molar-refractivity contribution in [1.29, 1.82) is 0 Å². The fourth-order valence-electron chi connectivity index (χ4n) is 1.41. The summed E-state index contributed by atoms with van der Waals surface area (Å²) in [5.74, 6) is 1.39. The summed E-state index contributed by atoms with van der Waals surface area (Å²) < 4.78 is 10.5. The van der Waals surface area contributed by atoms with Crippen molar-refractivity contribution < 1.29 is 34.6 Å². The Morgan fingerprint density at radius 1 is 1.33 bits per heavy atom. The van der Waals surface area contributed by atoms with Crippen molar-refractivity contribution in [1.82, 2.24) is 5.32 Å². The number of likely N-dealkylation sites (N-methyl/N-ethyl adjacent to an activating group) is 1. The summed E-state index contributed by atoms with van der Waals surface area (Å²) in [6.45, 7) is 0.277. The minimum absolute atomic E-state index is 0. The average molecular weight is 239 g/mol. The third kappa shape index (κ3) is 3.69. The van der Waals surface area contributed by atoms with Crippen molar-refractivity contribution in [3.63, 3.8) is 0 Å². The second kappa shape index (κ2) is 6.95. The van der Waals surface area contributed by atoms with Gasteiger partial charge in [-0.05, 0) is 17.7 Å². The smallest absolute Gasteiger partial charge is 1.00 e. The second-order valence-corrected chi connectivity index (χ2v) is 3.45. The molecule has 0 aliphatic carbocycles. The zero-order valence-electron chi connectivity index (χ0n) is 11.5. The van der Waals surface area contributed by atoms with Gasteiger partial charge in [-0.15, -0.1) is 0 Å². The summed E-state index contributed by atoms with van der Waals surface area (Å²) in [6.07, 6.45) is 6.83. The molecule has 18 heavy (non-hydrogen) atoms. The molecule has 0 atom stereocenters. The van der Waals surface area contributed by atoms with Crippen LogP contribution in [0.3, 0.4) is 0 Å². The molecule has 0 fully saturated rings. The number of nitrogens with one attached hydrogen (secondary N) is 1. The van der Waals surface area contributed by atoms with Gasteiger partial charge in [-0.3, -0.25) is 4.79 Å². The maximum atomic E-state index is 10.9. The van der Waals surface area contributed by atoms with Crippen molar-refractivity contribution in [2.45, 2.75) is 0 Å². The summed E-state index contributed by atoms with van der Waals surface area (Å²) in [6, 6.07) is 5.69. The Kier molecular flexibility index (Phi) is 5.57. The van der Waals surface area contributed by atoms with Gasteiger partial charge in [0.05, 0.1) is 0 Å². The number of hydrogen-bond acceptors (Lipinski definition) is 3. The standard InChI is InChI=1S/C13H13NO3.Li.H/c1-14-13(15)5-3-2-4-10-6-7-11-12(8-10)17-9-16-11;;/h2-8H,9H2,1H3,(H,14,15);;/q;+1;-1. The molecule has 0 saturated heterocycles. The SMILES string of the molecule is CNC(=O)C=CC=Cc1ccc2c(c1)OCO2.[H-].[Li+]. The topological polar surface area (TPSA) is 47.6 Å². The summed E-state index contributed by atoms with van der Waals surface area (Å²) in [5.41, 5.74) is 0.996. The summed E-state index contributed by atoms with van der Waals surface area (Å²) in [7, 11) is 1.59. The van der Waals surface area contributed by atoms with Crippen LogP contribution >= 0.6 is 0 Å². The molecule has 1 aliphatic rings. The van der Waals surface area contributed by atoms with E-state index in [9.17, 15) is 4.79 Å². The Balaban J connectivity index is 0.00000162. The molecule has 1 amide bonds. The first-order valence-corrected chi connectivity index (χ1v) is 5.26. The molecule has 90 valence electrons. The number of carbonyl (C=O) groups excluding carboxylic acids is 1. The third-order valence-electron chi connectivity index (χ3n) is 2.29. The van der Waals surface area contributed by atoms with Crippen LogP contribution in [0.4, 0.5) is 0 Å². The molecule has 1 aromatic rings. The van der Waals surface area contributed by atoms with Crippen molar-refractivity contribution in [2.24, 2.45) is 0 Å². The largest absolute Gasteiger partial charge is 1.00 e. The molecule has 0 radical (unpaired) electrons. The molecule has 4 nitrogen and oxygen atoms in total. The molecule has 0 unspecified atom stereocenters. The van der Waals surface area contributed by atoms with Crippen LogP contribution in [0.15, 0.2) is 36.4 Å². The first-order valence-electron chi connectivity index (χ1n) is 5.26. The third-order valence-corrected chi connectivity index (χ3v) is 2.29. The Hall–Kier alpha value is -1.63. The Labute approximate surface area is 119 Å². The molecule has 0 aromatic heterocycles. The Bertz CT molecular complexity index is 489. The van der Waals surface area contributed by atoms with Crippen molar-refractivity contribution in [3.05, 3.63) is 42.0 Å². The van der Waals surface area contributed by atoms with Gasteiger partial charge >= 0.3 is 18.9 Å². The van der Waals surface area contributed by atoms with Crippen LogP contribution in [-0.2, 0) is 4.79 Å². The molecule has 1 heterocycles. The van der Waals surface area contributed by atoms with Crippen LogP contribution in [0.1, 0.15) is 6.99 Å². The number of ether oxygens (including phenoxy) is 2. The van der Waals surface area contributed by atoms with Gasteiger partial charge in [0.25, 0.3) is 0 Å². The van der Waals surface area contributed by atoms with Crippen LogP contribution in [-0.4, -0.2) is 19.7 Å². The van der Waals surface area contributed by atoms with Gasteiger partial charge in [-0.2, -0.15) is 0 Å². The maximum Gasteiger partial charge on any atom is 1.00 e. The van der Waals surface area contributed by atoms with Crippen molar-refractivity contribution >= 4 is 12.0 Å². The molecule has 5 heteroatoms. The zero-order valence-corrected chi connectivity index (χ0v) is 10.5. The summed E-state index contributed by atoms with van der Waals surface area (Å²) in [4.78, 5) is 10.9. The van der Waals surface area contributed by atoms with E-state index in [-0.39, 0.29) is 33.0 Å². The average Bonchev–Trinajstić information content (AvgIpc) is 2.81. The second-order valence-electron chi connectivity index (χ2n) is 3.45. The first-order chi connectivity index (χ1) is 8.29. The molecule has 1 aliphatic heterocycles. The molecule has 0 spiro atoms. The van der Waals surface area contributed by atoms with Crippen LogP contribution in [0.5, 0.6) is 11.5 Å². The van der Waals surface area contributed by atoms with E-state index in [0.29, 0.717) is 0 Å². The van der Waals surface area contributed by atoms with Crippen molar-refractivity contribution in [3.8, 4) is 11.5 Å². The van der Waals surface area contributed by atoms with E-state index in [0.717, 1.165) is 17.1 Å². The van der Waals surface area contributed by atoms with Gasteiger partial charge in [-0.1, -0.05) is 24.3 Å². The molecular formula is C13H14LiNO3. The molecule has 1 N–H and O–H groups in total. The van der Waals surface area contributed by atoms with E-state index >= 15 is 0 Å². The minimum atomic E-state index is -0.125. The number of benzene rings is 1. The van der Waals surface area contributed by atoms with Crippen molar-refractivity contribution in [2.75, 3.05) is 13.8 Å². The van der Waals surface area contributed by atoms with Crippen LogP contribution < -0.4 is 33.7 Å². The van der Waals surface area contributed by atoms with Gasteiger partial charge in [0.1, 0.15) is 0 Å². The minimum Gasteiger partial charge on any atom is -1.00 e.